The van der Waals surface area contributed by atoms with E-state index in [-0.39, 0.29) is 50.9 Å². The molecule has 21 heteroatoms. The van der Waals surface area contributed by atoms with Gasteiger partial charge in [-0.15, -0.1) is 0 Å². The molecule has 0 atom stereocenters. The predicted molar refractivity (Wildman–Crippen MR) is 183 cm³/mol. The Morgan fingerprint density at radius 3 is 1.73 bits per heavy atom. The number of ether oxygens (including phenoxy) is 1. The van der Waals surface area contributed by atoms with Gasteiger partial charge in [0.15, 0.2) is 11.6 Å². The van der Waals surface area contributed by atoms with E-state index in [1.807, 2.05) is 0 Å². The number of pyridine rings is 1. The Morgan fingerprint density at radius 1 is 0.709 bits per heavy atom. The van der Waals surface area contributed by atoms with E-state index in [4.69, 9.17) is 10.2 Å². The Morgan fingerprint density at radius 2 is 1.20 bits per heavy atom. The van der Waals surface area contributed by atoms with Crippen molar-refractivity contribution in [3.8, 4) is 5.75 Å². The zero-order valence-corrected chi connectivity index (χ0v) is 29.2. The third kappa shape index (κ3) is 13.5. The summed E-state index contributed by atoms with van der Waals surface area (Å²) in [6.07, 6.45) is -0.657. The number of aryl methyl sites for hydroxylation is 2. The second kappa shape index (κ2) is 19.9. The Kier molecular flexibility index (Phi) is 15.8. The Bertz CT molecular complexity index is 1970. The second-order valence-corrected chi connectivity index (χ2v) is 12.2. The summed E-state index contributed by atoms with van der Waals surface area (Å²) in [5, 5.41) is 40.1. The molecule has 0 saturated heterocycles. The lowest BCUT2D eigenvalue weighted by Gasteiger charge is -2.27. The highest BCUT2D eigenvalue weighted by atomic mass is 19.2. The summed E-state index contributed by atoms with van der Waals surface area (Å²) in [4.78, 5) is 87.2. The van der Waals surface area contributed by atoms with Crippen molar-refractivity contribution in [3.63, 3.8) is 0 Å². The Labute approximate surface area is 308 Å². The lowest BCUT2D eigenvalue weighted by Crippen LogP contribution is -2.46. The first-order valence-corrected chi connectivity index (χ1v) is 16.4. The highest BCUT2D eigenvalue weighted by Gasteiger charge is 2.24. The van der Waals surface area contributed by atoms with Crippen molar-refractivity contribution in [2.45, 2.75) is 26.3 Å². The number of carboxylic acid groups (broad SMARTS) is 4. The van der Waals surface area contributed by atoms with Crippen molar-refractivity contribution in [3.05, 3.63) is 69.5 Å². The molecule has 1 heterocycles. The molecule has 55 heavy (non-hydrogen) atoms. The van der Waals surface area contributed by atoms with Crippen LogP contribution >= 0.6 is 0 Å². The van der Waals surface area contributed by atoms with Crippen molar-refractivity contribution in [2.75, 3.05) is 64.2 Å². The maximum atomic E-state index is 13.9. The summed E-state index contributed by atoms with van der Waals surface area (Å²) in [5.41, 5.74) is 0.514. The van der Waals surface area contributed by atoms with Gasteiger partial charge >= 0.3 is 29.8 Å². The lowest BCUT2D eigenvalue weighted by molar-refractivity contribution is -0.143. The number of benzene rings is 2. The number of aliphatic carboxylic acids is 4. The minimum atomic E-state index is -1.90. The molecule has 0 saturated carbocycles. The van der Waals surface area contributed by atoms with Crippen LogP contribution in [0.1, 0.15) is 18.4 Å². The average molecular weight is 784 g/mol. The molecule has 3 aromatic rings. The topological polar surface area (TPSA) is 236 Å². The maximum absolute atomic E-state index is 13.9. The maximum Gasteiger partial charge on any atom is 0.317 e. The number of amides is 1. The molecular weight excluding hydrogens is 746 g/mol. The number of halogens is 4. The highest BCUT2D eigenvalue weighted by molar-refractivity contribution is 5.95. The van der Waals surface area contributed by atoms with E-state index in [0.29, 0.717) is 16.5 Å². The number of rotatable bonds is 22. The van der Waals surface area contributed by atoms with Crippen LogP contribution < -0.4 is 15.6 Å². The molecule has 0 aliphatic rings. The minimum Gasteiger partial charge on any atom is -0.480 e. The van der Waals surface area contributed by atoms with Crippen molar-refractivity contribution in [2.24, 2.45) is 0 Å². The number of nitrogens with zero attached hydrogens (tertiary/aromatic N) is 4. The molecule has 0 aliphatic carbocycles. The van der Waals surface area contributed by atoms with Crippen molar-refractivity contribution in [1.29, 1.82) is 0 Å². The van der Waals surface area contributed by atoms with Gasteiger partial charge in [0.2, 0.25) is 23.3 Å². The molecule has 0 aliphatic heterocycles. The average Bonchev–Trinajstić information content (AvgIpc) is 3.07. The summed E-state index contributed by atoms with van der Waals surface area (Å²) in [6.45, 7) is -1.89. The fraction of sp³-hybridized carbons (Fsp3) is 0.382. The molecule has 0 bridgehead atoms. The number of hydrogen-bond donors (Lipinski definition) is 5. The standard InChI is InChI=1S/C34H37F4N5O12/c1-19-11-26(45)43(6-2-3-31(54)55-34-32(37)22(35)13-23(36)33(34)38)24-12-20(4-5-21(19)24)39-25(44)14-41(16-28(48)49)9-7-40(15-27(46)47)8-10-42(17-29(50)51)18-30(52)53/h4-5,11-13H,2-3,6-10,14-18H2,1H3,(H,39,44)(H,46,47)(H,48,49)(H,50,51)(H,52,53). The number of fused-ring (bicyclic) bond motifs is 1. The monoisotopic (exact) mass is 783 g/mol. The van der Waals surface area contributed by atoms with Gasteiger partial charge in [0.1, 0.15) is 0 Å². The third-order valence-corrected chi connectivity index (χ3v) is 7.92. The molecule has 5 N–H and O–H groups in total. The quantitative estimate of drug-likeness (QED) is 0.0420. The van der Waals surface area contributed by atoms with Crippen molar-refractivity contribution in [1.82, 2.24) is 19.3 Å². The van der Waals surface area contributed by atoms with E-state index in [9.17, 15) is 61.3 Å². The lowest BCUT2D eigenvalue weighted by atomic mass is 10.1. The predicted octanol–water partition coefficient (Wildman–Crippen LogP) is 1.44. The zero-order valence-electron chi connectivity index (χ0n) is 29.2. The van der Waals surface area contributed by atoms with Crippen LogP contribution in [-0.4, -0.2) is 134 Å². The first kappa shape index (κ1) is 43.5. The van der Waals surface area contributed by atoms with Gasteiger partial charge < -0.3 is 35.0 Å². The molecule has 0 spiro atoms. The molecule has 2 aromatic carbocycles. The van der Waals surface area contributed by atoms with Gasteiger partial charge in [-0.1, -0.05) is 6.07 Å². The van der Waals surface area contributed by atoms with E-state index >= 15 is 0 Å². The molecule has 298 valence electrons. The molecule has 0 radical (unpaired) electrons. The largest absolute Gasteiger partial charge is 0.480 e. The van der Waals surface area contributed by atoms with Gasteiger partial charge in [0, 0.05) is 62.4 Å². The number of hydrogen-bond acceptors (Lipinski definition) is 11. The third-order valence-electron chi connectivity index (χ3n) is 7.92. The van der Waals surface area contributed by atoms with Gasteiger partial charge in [-0.05, 0) is 31.0 Å². The molecule has 17 nitrogen and oxygen atoms in total. The SMILES string of the molecule is Cc1cc(=O)n(CCCC(=O)Oc2c(F)c(F)cc(F)c2F)c2cc(NC(=O)CN(CCN(CCN(CC(=O)O)CC(=O)O)CC(=O)O)CC(=O)O)ccc12. The van der Waals surface area contributed by atoms with Crippen molar-refractivity contribution < 1.29 is 71.5 Å². The summed E-state index contributed by atoms with van der Waals surface area (Å²) < 4.78 is 60.6. The normalized spacial score (nSPS) is 11.3. The van der Waals surface area contributed by atoms with E-state index in [1.165, 1.54) is 32.6 Å². The first-order chi connectivity index (χ1) is 25.8. The number of nitrogens with one attached hydrogen (secondary N) is 1. The summed E-state index contributed by atoms with van der Waals surface area (Å²) >= 11 is 0. The summed E-state index contributed by atoms with van der Waals surface area (Å²) in [7, 11) is 0. The molecule has 3 rings (SSSR count). The van der Waals surface area contributed by atoms with Gasteiger partial charge in [-0.3, -0.25) is 48.3 Å². The van der Waals surface area contributed by atoms with Gasteiger partial charge in [-0.25, -0.2) is 8.78 Å². The van der Waals surface area contributed by atoms with Gasteiger partial charge in [-0.2, -0.15) is 8.78 Å². The number of carboxylic acids is 4. The first-order valence-electron chi connectivity index (χ1n) is 16.4. The van der Waals surface area contributed by atoms with Crippen LogP contribution in [-0.2, 0) is 35.3 Å². The number of aromatic nitrogens is 1. The fourth-order valence-electron chi connectivity index (χ4n) is 5.48. The number of anilines is 1. The van der Waals surface area contributed by atoms with Crippen LogP contribution in [0.15, 0.2) is 35.1 Å². The molecule has 1 amide bonds. The molecule has 0 fully saturated rings. The van der Waals surface area contributed by atoms with Crippen LogP contribution in [0.4, 0.5) is 23.2 Å². The number of esters is 1. The molecule has 1 aromatic heterocycles. The van der Waals surface area contributed by atoms with E-state index < -0.39 is 109 Å². The molecular formula is C34H37F4N5O12. The number of carbonyl (C=O) groups excluding carboxylic acids is 2. The van der Waals surface area contributed by atoms with E-state index in [2.05, 4.69) is 10.1 Å². The summed E-state index contributed by atoms with van der Waals surface area (Å²) in [5.74, 6) is -16.0. The van der Waals surface area contributed by atoms with Crippen molar-refractivity contribution >= 4 is 52.3 Å². The zero-order chi connectivity index (χ0) is 41.0. The highest BCUT2D eigenvalue weighted by Crippen LogP contribution is 2.27. The smallest absolute Gasteiger partial charge is 0.317 e. The Hall–Kier alpha value is -5.93. The van der Waals surface area contributed by atoms with Gasteiger partial charge in [0.05, 0.1) is 38.2 Å². The number of carbonyl (C=O) groups is 6. The Balaban J connectivity index is 1.71. The van der Waals surface area contributed by atoms with Crippen LogP contribution in [0, 0.1) is 30.2 Å². The fourth-order valence-corrected chi connectivity index (χ4v) is 5.48. The summed E-state index contributed by atoms with van der Waals surface area (Å²) in [6, 6.07) is 5.81. The van der Waals surface area contributed by atoms with Gasteiger partial charge in [0.25, 0.3) is 5.56 Å². The van der Waals surface area contributed by atoms with E-state index in [1.54, 1.807) is 13.0 Å². The van der Waals surface area contributed by atoms with E-state index in [0.717, 1.165) is 4.90 Å². The van der Waals surface area contributed by atoms with Crippen LogP contribution in [0.5, 0.6) is 5.75 Å². The molecule has 0 unspecified atom stereocenters. The van der Waals surface area contributed by atoms with Crippen LogP contribution in [0.25, 0.3) is 10.9 Å². The van der Waals surface area contributed by atoms with Crippen LogP contribution in [0.3, 0.4) is 0 Å². The second-order valence-electron chi connectivity index (χ2n) is 12.2. The minimum absolute atomic E-state index is 0.0459. The van der Waals surface area contributed by atoms with Crippen LogP contribution in [0.2, 0.25) is 0 Å².